The van der Waals surface area contributed by atoms with E-state index in [1.165, 1.54) is 10.4 Å². The largest absolute Gasteiger partial charge is 0.485 e. The van der Waals surface area contributed by atoms with Crippen molar-refractivity contribution in [2.45, 2.75) is 165 Å². The summed E-state index contributed by atoms with van der Waals surface area (Å²) in [4.78, 5) is 0. The minimum atomic E-state index is -2.78. The maximum absolute atomic E-state index is 7.47. The molecule has 0 aromatic heterocycles. The fraction of sp³-hybridized carbons (Fsp3) is 0.560. The second-order valence-electron chi connectivity index (χ2n) is 20.1. The number of benzene rings is 3. The molecule has 0 bridgehead atoms. The maximum atomic E-state index is 7.47. The zero-order valence-corrected chi connectivity index (χ0v) is 39.7. The van der Waals surface area contributed by atoms with Crippen LogP contribution in [0, 0.1) is 0 Å². The molecule has 0 aliphatic carbocycles. The van der Waals surface area contributed by atoms with E-state index in [1.807, 2.05) is 19.9 Å². The van der Waals surface area contributed by atoms with Gasteiger partial charge in [0.2, 0.25) is 0 Å². The molecule has 4 aliphatic heterocycles. The van der Waals surface area contributed by atoms with Crippen LogP contribution < -0.4 is 10.4 Å². The molecule has 4 aliphatic rings. The van der Waals surface area contributed by atoms with Crippen LogP contribution in [0.2, 0.25) is 23.2 Å². The summed E-state index contributed by atoms with van der Waals surface area (Å²) < 4.78 is 55.2. The normalized spacial score (nSPS) is 29.1. The average molecular weight is 855 g/mol. The van der Waals surface area contributed by atoms with Crippen molar-refractivity contribution in [3.05, 3.63) is 121 Å². The molecular formula is C50H70O8Si2. The molecule has 8 nitrogen and oxygen atoms in total. The second kappa shape index (κ2) is 18.4. The zero-order valence-electron chi connectivity index (χ0n) is 37.7. The van der Waals surface area contributed by atoms with E-state index in [9.17, 15) is 0 Å². The van der Waals surface area contributed by atoms with Crippen molar-refractivity contribution in [1.82, 2.24) is 0 Å². The van der Waals surface area contributed by atoms with Crippen LogP contribution in [0.3, 0.4) is 0 Å². The Morgan fingerprint density at radius 1 is 0.783 bits per heavy atom. The first kappa shape index (κ1) is 45.1. The highest BCUT2D eigenvalue weighted by Gasteiger charge is 2.55. The molecular weight excluding hydrogens is 785 g/mol. The lowest BCUT2D eigenvalue weighted by Gasteiger charge is -2.52. The van der Waals surface area contributed by atoms with Gasteiger partial charge in [-0.1, -0.05) is 139 Å². The van der Waals surface area contributed by atoms with Crippen LogP contribution in [0.5, 0.6) is 0 Å². The van der Waals surface area contributed by atoms with Gasteiger partial charge in [0.15, 0.2) is 20.2 Å². The van der Waals surface area contributed by atoms with E-state index in [1.54, 1.807) is 0 Å². The third kappa shape index (κ3) is 10.1. The molecule has 0 N–H and O–H groups in total. The summed E-state index contributed by atoms with van der Waals surface area (Å²) in [5, 5.41) is 2.41. The molecule has 0 unspecified atom stereocenters. The molecule has 3 aromatic carbocycles. The first-order chi connectivity index (χ1) is 28.5. The molecule has 3 fully saturated rings. The van der Waals surface area contributed by atoms with Gasteiger partial charge in [0, 0.05) is 13.0 Å². The third-order valence-electron chi connectivity index (χ3n) is 13.2. The first-order valence-electron chi connectivity index (χ1n) is 22.2. The van der Waals surface area contributed by atoms with Gasteiger partial charge in [0.05, 0.1) is 37.6 Å². The smallest absolute Gasteiger partial charge is 0.261 e. The molecule has 0 saturated carbocycles. The summed E-state index contributed by atoms with van der Waals surface area (Å²) in [5.41, 5.74) is 1.10. The molecule has 326 valence electrons. The number of allylic oxidation sites excluding steroid dienone is 1. The molecule has 0 spiro atoms. The molecule has 7 rings (SSSR count). The van der Waals surface area contributed by atoms with Gasteiger partial charge < -0.3 is 37.3 Å². The van der Waals surface area contributed by atoms with E-state index in [0.29, 0.717) is 45.5 Å². The Labute approximate surface area is 362 Å². The zero-order chi connectivity index (χ0) is 42.8. The monoisotopic (exact) mass is 854 g/mol. The SMILES string of the molecule is CC1(C)OC[C@H](C/C=C2\C=CC[C@@H]3O[C@@H]4C[C@H](O[Si](C)(C)C(C)(C)C)[C@@H](CCO[Si](c5ccccc5)(c5ccccc5)C(C)(C)C)O[C@H]4[C@H](OCc4ccccc4)[C@H]3O2)O1. The van der Waals surface area contributed by atoms with Crippen molar-refractivity contribution in [3.63, 3.8) is 0 Å². The van der Waals surface area contributed by atoms with Crippen molar-refractivity contribution in [3.8, 4) is 0 Å². The Morgan fingerprint density at radius 3 is 2.00 bits per heavy atom. The predicted octanol–water partition coefficient (Wildman–Crippen LogP) is 9.62. The highest BCUT2D eigenvalue weighted by molar-refractivity contribution is 6.99. The van der Waals surface area contributed by atoms with Crippen LogP contribution in [-0.2, 0) is 43.9 Å². The lowest BCUT2D eigenvalue weighted by Crippen LogP contribution is -2.67. The molecule has 0 radical (unpaired) electrons. The van der Waals surface area contributed by atoms with Gasteiger partial charge in [0.25, 0.3) is 8.32 Å². The molecule has 60 heavy (non-hydrogen) atoms. The average Bonchev–Trinajstić information content (AvgIpc) is 3.42. The van der Waals surface area contributed by atoms with Gasteiger partial charge in [-0.25, -0.2) is 0 Å². The van der Waals surface area contributed by atoms with Crippen LogP contribution in [0.25, 0.3) is 0 Å². The van der Waals surface area contributed by atoms with Gasteiger partial charge in [-0.05, 0) is 84.4 Å². The van der Waals surface area contributed by atoms with Gasteiger partial charge in [-0.15, -0.1) is 0 Å². The Kier molecular flexibility index (Phi) is 13.9. The highest BCUT2D eigenvalue weighted by Crippen LogP contribution is 2.44. The van der Waals surface area contributed by atoms with Crippen molar-refractivity contribution >= 4 is 27.0 Å². The number of hydrogen-bond acceptors (Lipinski definition) is 8. The molecule has 3 saturated heterocycles. The summed E-state index contributed by atoms with van der Waals surface area (Å²) in [6.07, 6.45) is 7.05. The second-order valence-corrected chi connectivity index (χ2v) is 29.1. The summed E-state index contributed by atoms with van der Waals surface area (Å²) in [7, 11) is -5.00. The Balaban J connectivity index is 1.19. The standard InChI is InChI=1S/C50H70O8Si2/c1-48(2,3)59(9,10)58-43-33-44-46(56-41(43)31-32-53-60(49(4,5)6,39-24-16-12-17-25-39)40-26-18-13-19-27-40)47(51-34-36-21-14-11-15-22-36)45-42(55-44)28-20-23-37(54-45)29-30-38-35-52-50(7,8)57-38/h11-27,29,38,41-47H,28,30-35H2,1-10H3/b37-29+/t38-,41+,42-,43-,44+,45-,46+,47+/m0/s1. The summed E-state index contributed by atoms with van der Waals surface area (Å²) >= 11 is 0. The molecule has 10 heteroatoms. The number of ether oxygens (including phenoxy) is 6. The van der Waals surface area contributed by atoms with Gasteiger partial charge in [0.1, 0.15) is 24.1 Å². The van der Waals surface area contributed by atoms with E-state index in [2.05, 4.69) is 158 Å². The van der Waals surface area contributed by atoms with Gasteiger partial charge in [-0.3, -0.25) is 0 Å². The molecule has 3 aromatic rings. The van der Waals surface area contributed by atoms with Crippen molar-refractivity contribution in [1.29, 1.82) is 0 Å². The van der Waals surface area contributed by atoms with E-state index in [4.69, 9.17) is 37.3 Å². The van der Waals surface area contributed by atoms with Crippen molar-refractivity contribution < 1.29 is 37.3 Å². The number of fused-ring (bicyclic) bond motifs is 2. The summed E-state index contributed by atoms with van der Waals surface area (Å²) in [5.74, 6) is 0.208. The van der Waals surface area contributed by atoms with Gasteiger partial charge in [-0.2, -0.15) is 0 Å². The maximum Gasteiger partial charge on any atom is 0.261 e. The van der Waals surface area contributed by atoms with Crippen LogP contribution in [-0.4, -0.2) is 84.5 Å². The van der Waals surface area contributed by atoms with Crippen LogP contribution >= 0.6 is 0 Å². The lowest BCUT2D eigenvalue weighted by atomic mass is 9.86. The van der Waals surface area contributed by atoms with Crippen LogP contribution in [0.1, 0.15) is 86.6 Å². The molecule has 0 amide bonds. The Hall–Kier alpha value is -2.91. The minimum Gasteiger partial charge on any atom is -0.485 e. The number of rotatable bonds is 13. The Bertz CT molecular complexity index is 1850. The highest BCUT2D eigenvalue weighted by atomic mass is 28.4. The first-order valence-corrected chi connectivity index (χ1v) is 27.0. The fourth-order valence-electron chi connectivity index (χ4n) is 9.08. The third-order valence-corrected chi connectivity index (χ3v) is 22.7. The van der Waals surface area contributed by atoms with Gasteiger partial charge >= 0.3 is 0 Å². The van der Waals surface area contributed by atoms with E-state index >= 15 is 0 Å². The van der Waals surface area contributed by atoms with Crippen molar-refractivity contribution in [2.24, 2.45) is 0 Å². The van der Waals surface area contributed by atoms with E-state index in [0.717, 1.165) is 11.3 Å². The summed E-state index contributed by atoms with van der Waals surface area (Å²) in [6.45, 7) is 24.0. The minimum absolute atomic E-state index is 0.0216. The molecule has 4 heterocycles. The van der Waals surface area contributed by atoms with E-state index < -0.39 is 28.5 Å². The van der Waals surface area contributed by atoms with Crippen LogP contribution in [0.15, 0.2) is 115 Å². The Morgan fingerprint density at radius 2 is 1.42 bits per heavy atom. The molecule has 8 atom stereocenters. The van der Waals surface area contributed by atoms with E-state index in [-0.39, 0.29) is 52.8 Å². The quantitative estimate of drug-likeness (QED) is 0.158. The number of hydrogen-bond donors (Lipinski definition) is 0. The topological polar surface area (TPSA) is 73.8 Å². The van der Waals surface area contributed by atoms with Crippen LogP contribution in [0.4, 0.5) is 0 Å². The predicted molar refractivity (Wildman–Crippen MR) is 243 cm³/mol. The fourth-order valence-corrected chi connectivity index (χ4v) is 15.0. The lowest BCUT2D eigenvalue weighted by molar-refractivity contribution is -0.290. The van der Waals surface area contributed by atoms with Crippen molar-refractivity contribution in [2.75, 3.05) is 13.2 Å². The summed E-state index contributed by atoms with van der Waals surface area (Å²) in [6, 6.07) is 32.1.